The molecule has 1 amide bonds. The number of aliphatic carboxylic acids is 1. The van der Waals surface area contributed by atoms with Crippen LogP contribution in [0, 0.1) is 0 Å². The van der Waals surface area contributed by atoms with E-state index < -0.39 is 16.1 Å². The molecule has 0 saturated heterocycles. The number of nitrogens with zero attached hydrogens (tertiary/aromatic N) is 2. The predicted octanol–water partition coefficient (Wildman–Crippen LogP) is -2.08. The Morgan fingerprint density at radius 2 is 1.58 bits per heavy atom. The number of nitrogens with one attached hydrogen (secondary N) is 1. The van der Waals surface area contributed by atoms with Gasteiger partial charge in [0, 0.05) is 13.3 Å². The highest BCUT2D eigenvalue weighted by atomic mass is 32.2. The number of rotatable bonds is 9. The van der Waals surface area contributed by atoms with Gasteiger partial charge in [-0.15, -0.1) is 0 Å². The molecule has 0 unspecified atom stereocenters. The largest absolute Gasteiger partial charge is 0.544 e. The number of carbonyl (C=O) groups is 2. The Balaban J connectivity index is 0. The number of quaternary nitrogens is 2. The molecule has 0 spiro atoms. The number of likely N-dealkylation sites (N-methyl/N-ethyl adjacent to an activating group) is 2. The Kier molecular flexibility index (Phi) is 11.0. The number of hydrogen-bond acceptors (Lipinski definition) is 5. The molecule has 0 aliphatic rings. The second kappa shape index (κ2) is 10.6. The van der Waals surface area contributed by atoms with Crippen LogP contribution in [0.5, 0.6) is 0 Å². The second-order valence-electron chi connectivity index (χ2n) is 7.33. The van der Waals surface area contributed by atoms with Crippen LogP contribution in [0.15, 0.2) is 0 Å². The first-order chi connectivity index (χ1) is 10.5. The Morgan fingerprint density at radius 3 is 1.88 bits per heavy atom. The Bertz CT molecular complexity index is 497. The van der Waals surface area contributed by atoms with Crippen molar-refractivity contribution in [1.29, 1.82) is 0 Å². The van der Waals surface area contributed by atoms with Gasteiger partial charge in [-0.3, -0.25) is 9.35 Å². The number of carboxylic acid groups (broad SMARTS) is 1. The van der Waals surface area contributed by atoms with E-state index in [-0.39, 0.29) is 18.2 Å². The van der Waals surface area contributed by atoms with Gasteiger partial charge >= 0.3 is 0 Å². The van der Waals surface area contributed by atoms with Crippen molar-refractivity contribution in [2.24, 2.45) is 0 Å². The average Bonchev–Trinajstić information content (AvgIpc) is 2.22. The summed E-state index contributed by atoms with van der Waals surface area (Å²) in [7, 11) is 5.44. The van der Waals surface area contributed by atoms with E-state index in [2.05, 4.69) is 5.32 Å². The van der Waals surface area contributed by atoms with E-state index in [1.54, 1.807) is 21.1 Å². The van der Waals surface area contributed by atoms with Gasteiger partial charge in [0.05, 0.1) is 66.6 Å². The summed E-state index contributed by atoms with van der Waals surface area (Å²) < 4.78 is 30.6. The molecule has 0 aliphatic heterocycles. The van der Waals surface area contributed by atoms with Gasteiger partial charge in [0.15, 0.2) is 0 Å². The van der Waals surface area contributed by atoms with Gasteiger partial charge in [-0.2, -0.15) is 8.42 Å². The Morgan fingerprint density at radius 1 is 1.08 bits per heavy atom. The lowest BCUT2D eigenvalue weighted by Crippen LogP contribution is -2.46. The Hall–Kier alpha value is -1.23. The van der Waals surface area contributed by atoms with Crippen LogP contribution in [0.2, 0.25) is 0 Å². The summed E-state index contributed by atoms with van der Waals surface area (Å²) >= 11 is 0. The fraction of sp³-hybridized carbons (Fsp3) is 0.857. The van der Waals surface area contributed by atoms with Gasteiger partial charge in [-0.05, 0) is 0 Å². The highest BCUT2D eigenvalue weighted by molar-refractivity contribution is 7.85. The molecule has 9 nitrogen and oxygen atoms in total. The normalized spacial score (nSPS) is 12.1. The molecule has 2 N–H and O–H groups in total. The van der Waals surface area contributed by atoms with Crippen LogP contribution in [0.1, 0.15) is 13.3 Å². The zero-order valence-corrected chi connectivity index (χ0v) is 16.4. The molecular weight excluding hydrogens is 338 g/mol. The molecule has 24 heavy (non-hydrogen) atoms. The molecule has 0 aromatic heterocycles. The van der Waals surface area contributed by atoms with Gasteiger partial charge in [-0.1, -0.05) is 0 Å². The van der Waals surface area contributed by atoms with E-state index in [1.165, 1.54) is 6.92 Å². The lowest BCUT2D eigenvalue weighted by molar-refractivity contribution is -0.889. The number of carboxylic acids is 1. The van der Waals surface area contributed by atoms with E-state index in [4.69, 9.17) is 4.55 Å². The number of hydrogen-bond donors (Lipinski definition) is 2. The summed E-state index contributed by atoms with van der Waals surface area (Å²) in [6.45, 7) is 3.46. The molecule has 0 bridgehead atoms. The third kappa shape index (κ3) is 23.0. The van der Waals surface area contributed by atoms with Crippen LogP contribution in [0.25, 0.3) is 0 Å². The summed E-state index contributed by atoms with van der Waals surface area (Å²) in [5.41, 5.74) is 0. The first-order valence-electron chi connectivity index (χ1n) is 7.56. The van der Waals surface area contributed by atoms with Crippen molar-refractivity contribution in [3.8, 4) is 0 Å². The molecule has 0 fully saturated rings. The van der Waals surface area contributed by atoms with Crippen molar-refractivity contribution in [2.45, 2.75) is 13.3 Å². The summed E-state index contributed by atoms with van der Waals surface area (Å²) in [6, 6.07) is 0. The van der Waals surface area contributed by atoms with Crippen LogP contribution in [0.4, 0.5) is 0 Å². The minimum absolute atomic E-state index is 0.0694. The fourth-order valence-corrected chi connectivity index (χ4v) is 2.20. The quantitative estimate of drug-likeness (QED) is 0.355. The van der Waals surface area contributed by atoms with E-state index in [0.717, 1.165) is 6.54 Å². The van der Waals surface area contributed by atoms with Gasteiger partial charge in [0.2, 0.25) is 5.91 Å². The van der Waals surface area contributed by atoms with Crippen molar-refractivity contribution in [3.63, 3.8) is 0 Å². The molecule has 0 radical (unpaired) electrons. The van der Waals surface area contributed by atoms with Crippen LogP contribution in [0.3, 0.4) is 0 Å². The number of carbonyl (C=O) groups excluding carboxylic acids is 2. The Labute approximate surface area is 145 Å². The van der Waals surface area contributed by atoms with Crippen LogP contribution < -0.4 is 10.4 Å². The zero-order chi connectivity index (χ0) is 19.6. The molecule has 0 aromatic rings. The molecule has 0 aromatic carbocycles. The standard InChI is InChI=1S/C9H20N2O4S.C5H11NO2/c1-9(12)10-5-7-11(2,3)6-4-8-16(13,14)15;1-6(2,3)4-5(7)8/h4-8H2,1-3H3,(H-,10,12,13,14,15);4H2,1-3H3/p+1. The summed E-state index contributed by atoms with van der Waals surface area (Å²) in [5, 5.41) is 12.6. The second-order valence-corrected chi connectivity index (χ2v) is 8.90. The molecule has 10 heteroatoms. The first kappa shape index (κ1) is 25.0. The average molecular weight is 370 g/mol. The van der Waals surface area contributed by atoms with Crippen LogP contribution in [-0.2, 0) is 19.7 Å². The predicted molar refractivity (Wildman–Crippen MR) is 89.5 cm³/mol. The SMILES string of the molecule is CC(=O)NCC[N+](C)(C)CCCS(=O)(=O)O.C[N+](C)(C)CC(=O)[O-]. The number of amides is 1. The lowest BCUT2D eigenvalue weighted by atomic mass is 10.3. The maximum atomic E-state index is 10.6. The summed E-state index contributed by atoms with van der Waals surface area (Å²) in [6.07, 6.45) is 0.409. The van der Waals surface area contributed by atoms with Gasteiger partial charge in [-0.25, -0.2) is 0 Å². The highest BCUT2D eigenvalue weighted by Gasteiger charge is 2.16. The van der Waals surface area contributed by atoms with Crippen molar-refractivity contribution in [2.75, 3.05) is 67.2 Å². The molecule has 0 rings (SSSR count). The van der Waals surface area contributed by atoms with Crippen molar-refractivity contribution in [1.82, 2.24) is 5.32 Å². The summed E-state index contributed by atoms with van der Waals surface area (Å²) in [5.74, 6) is -1.29. The first-order valence-corrected chi connectivity index (χ1v) is 9.17. The van der Waals surface area contributed by atoms with E-state index >= 15 is 0 Å². The molecule has 0 heterocycles. The maximum absolute atomic E-state index is 10.6. The van der Waals surface area contributed by atoms with Gasteiger partial charge < -0.3 is 24.2 Å². The lowest BCUT2D eigenvalue weighted by Gasteiger charge is -2.29. The monoisotopic (exact) mass is 370 g/mol. The minimum atomic E-state index is -3.86. The van der Waals surface area contributed by atoms with Gasteiger partial charge in [0.1, 0.15) is 6.54 Å². The zero-order valence-electron chi connectivity index (χ0n) is 15.5. The van der Waals surface area contributed by atoms with E-state index in [9.17, 15) is 23.1 Å². The smallest absolute Gasteiger partial charge is 0.265 e. The van der Waals surface area contributed by atoms with Crippen molar-refractivity contribution < 1.29 is 36.6 Å². The van der Waals surface area contributed by atoms with E-state index in [1.807, 2.05) is 14.1 Å². The molecule has 0 aliphatic carbocycles. The molecule has 144 valence electrons. The third-order valence-corrected chi connectivity index (χ3v) is 3.66. The third-order valence-electron chi connectivity index (χ3n) is 2.86. The van der Waals surface area contributed by atoms with Gasteiger partial charge in [0.25, 0.3) is 10.1 Å². The van der Waals surface area contributed by atoms with E-state index in [0.29, 0.717) is 28.5 Å². The molecule has 0 saturated carbocycles. The van der Waals surface area contributed by atoms with Crippen molar-refractivity contribution in [3.05, 3.63) is 0 Å². The van der Waals surface area contributed by atoms with Crippen molar-refractivity contribution >= 4 is 22.0 Å². The highest BCUT2D eigenvalue weighted by Crippen LogP contribution is 2.00. The van der Waals surface area contributed by atoms with Crippen LogP contribution >= 0.6 is 0 Å². The fourth-order valence-electron chi connectivity index (χ4n) is 1.71. The molecular formula is C14H32N3O6S+. The maximum Gasteiger partial charge on any atom is 0.265 e. The van der Waals surface area contributed by atoms with Crippen LogP contribution in [-0.4, -0.2) is 101 Å². The topological polar surface area (TPSA) is 124 Å². The minimum Gasteiger partial charge on any atom is -0.544 e. The molecule has 0 atom stereocenters. The summed E-state index contributed by atoms with van der Waals surface area (Å²) in [4.78, 5) is 20.5.